The summed E-state index contributed by atoms with van der Waals surface area (Å²) in [6.45, 7) is 3.81. The maximum absolute atomic E-state index is 13.6. The fourth-order valence-electron chi connectivity index (χ4n) is 4.88. The summed E-state index contributed by atoms with van der Waals surface area (Å²) in [5, 5.41) is 5.11. The van der Waals surface area contributed by atoms with Gasteiger partial charge in [-0.25, -0.2) is 0 Å². The molecule has 0 radical (unpaired) electrons. The predicted octanol–water partition coefficient (Wildman–Crippen LogP) is 4.45. The van der Waals surface area contributed by atoms with Gasteiger partial charge in [-0.15, -0.1) is 0 Å². The van der Waals surface area contributed by atoms with Gasteiger partial charge >= 0.3 is 0 Å². The highest BCUT2D eigenvalue weighted by Gasteiger charge is 2.19. The van der Waals surface area contributed by atoms with Gasteiger partial charge in [-0.3, -0.25) is 9.59 Å². The lowest BCUT2D eigenvalue weighted by atomic mass is 9.99. The Balaban J connectivity index is 1.64. The van der Waals surface area contributed by atoms with Crippen molar-refractivity contribution in [1.29, 1.82) is 0 Å². The van der Waals surface area contributed by atoms with Crippen LogP contribution in [0.4, 0.5) is 5.69 Å². The number of benzene rings is 4. The maximum Gasteiger partial charge on any atom is 0.196 e. The van der Waals surface area contributed by atoms with Crippen LogP contribution in [-0.2, 0) is 0 Å². The van der Waals surface area contributed by atoms with E-state index in [2.05, 4.69) is 15.2 Å². The summed E-state index contributed by atoms with van der Waals surface area (Å²) in [5.74, 6) is 0. The van der Waals surface area contributed by atoms with E-state index < -0.39 is 0 Å². The highest BCUT2D eigenvalue weighted by atomic mass is 16.3. The Kier molecular flexibility index (Phi) is 4.47. The number of nitrogens with one attached hydrogen (secondary N) is 2. The molecular weight excluding hydrogens is 402 g/mol. The Morgan fingerprint density at radius 1 is 0.875 bits per heavy atom. The lowest BCUT2D eigenvalue weighted by Crippen LogP contribution is -2.26. The second-order valence-electron chi connectivity index (χ2n) is 8.45. The van der Waals surface area contributed by atoms with Crippen LogP contribution in [0.25, 0.3) is 43.7 Å². The number of anilines is 1. The predicted molar refractivity (Wildman–Crippen MR) is 130 cm³/mol. The zero-order chi connectivity index (χ0) is 21.7. The summed E-state index contributed by atoms with van der Waals surface area (Å²) in [4.78, 5) is 32.9. The third-order valence-corrected chi connectivity index (χ3v) is 6.47. The zero-order valence-electron chi connectivity index (χ0n) is 17.6. The SMILES string of the molecule is O=c1c2ccccc2c(=O)c2c1c(NCCN1CCCC1)cc1oc3ccccc3[nH]c12. The molecule has 0 unspecified atom stereocenters. The first-order valence-electron chi connectivity index (χ1n) is 11.1. The molecule has 6 nitrogen and oxygen atoms in total. The van der Waals surface area contributed by atoms with Crippen molar-refractivity contribution in [3.05, 3.63) is 75.0 Å². The largest absolute Gasteiger partial charge is 0.453 e. The van der Waals surface area contributed by atoms with Gasteiger partial charge in [0, 0.05) is 29.9 Å². The number of H-pyrrole nitrogens is 1. The van der Waals surface area contributed by atoms with Gasteiger partial charge in [0.15, 0.2) is 22.0 Å². The number of para-hydroxylation sites is 2. The van der Waals surface area contributed by atoms with E-state index in [1.54, 1.807) is 24.3 Å². The standard InChI is InChI=1S/C26H23N3O3/c30-25-16-7-1-2-8-17(16)26(31)23-22(25)19(27-11-14-29-12-5-6-13-29)15-21-24(23)28-18-9-3-4-10-20(18)32-21/h1-4,7-10,15,27-28H,5-6,11-14H2. The Labute approximate surface area is 183 Å². The summed E-state index contributed by atoms with van der Waals surface area (Å²) in [7, 11) is 0. The first kappa shape index (κ1) is 19.1. The first-order valence-corrected chi connectivity index (χ1v) is 11.1. The Morgan fingerprint density at radius 2 is 1.56 bits per heavy atom. The van der Waals surface area contributed by atoms with Gasteiger partial charge in [0.25, 0.3) is 0 Å². The summed E-state index contributed by atoms with van der Waals surface area (Å²) >= 11 is 0. The summed E-state index contributed by atoms with van der Waals surface area (Å²) in [6.07, 6.45) is 2.47. The number of likely N-dealkylation sites (tertiary alicyclic amines) is 1. The van der Waals surface area contributed by atoms with Gasteiger partial charge in [-0.1, -0.05) is 36.4 Å². The van der Waals surface area contributed by atoms with E-state index >= 15 is 0 Å². The average molecular weight is 425 g/mol. The monoisotopic (exact) mass is 425 g/mol. The normalized spacial score (nSPS) is 14.8. The van der Waals surface area contributed by atoms with E-state index in [0.717, 1.165) is 25.2 Å². The van der Waals surface area contributed by atoms with Crippen LogP contribution in [-0.4, -0.2) is 36.1 Å². The van der Waals surface area contributed by atoms with Crippen LogP contribution in [0, 0.1) is 0 Å². The maximum atomic E-state index is 13.6. The summed E-state index contributed by atoms with van der Waals surface area (Å²) < 4.78 is 6.16. The molecule has 6 rings (SSSR count). The van der Waals surface area contributed by atoms with E-state index in [0.29, 0.717) is 50.5 Å². The molecule has 1 saturated heterocycles. The van der Waals surface area contributed by atoms with E-state index in [1.807, 2.05) is 30.3 Å². The molecule has 0 aliphatic carbocycles. The lowest BCUT2D eigenvalue weighted by Gasteiger charge is -2.17. The van der Waals surface area contributed by atoms with Crippen molar-refractivity contribution in [1.82, 2.24) is 9.88 Å². The van der Waals surface area contributed by atoms with Crippen molar-refractivity contribution in [2.75, 3.05) is 31.5 Å². The van der Waals surface area contributed by atoms with Crippen LogP contribution >= 0.6 is 0 Å². The van der Waals surface area contributed by atoms with Crippen LogP contribution < -0.4 is 16.2 Å². The molecule has 0 amide bonds. The van der Waals surface area contributed by atoms with E-state index in [1.165, 1.54) is 12.8 Å². The zero-order valence-corrected chi connectivity index (χ0v) is 17.6. The highest BCUT2D eigenvalue weighted by molar-refractivity contribution is 6.14. The number of rotatable bonds is 4. The third kappa shape index (κ3) is 2.99. The number of fused-ring (bicyclic) bond motifs is 5. The molecule has 0 saturated carbocycles. The molecule has 4 aromatic carbocycles. The molecule has 1 aliphatic heterocycles. The summed E-state index contributed by atoms with van der Waals surface area (Å²) in [6, 6.07) is 16.5. The molecule has 32 heavy (non-hydrogen) atoms. The molecule has 0 atom stereocenters. The van der Waals surface area contributed by atoms with Crippen molar-refractivity contribution in [2.45, 2.75) is 12.8 Å². The minimum Gasteiger partial charge on any atom is -0.453 e. The van der Waals surface area contributed by atoms with Crippen molar-refractivity contribution in [2.24, 2.45) is 0 Å². The number of nitrogens with zero attached hydrogens (tertiary/aromatic N) is 1. The number of hydrogen-bond donors (Lipinski definition) is 2. The molecule has 5 aromatic rings. The molecule has 0 bridgehead atoms. The third-order valence-electron chi connectivity index (χ3n) is 6.47. The van der Waals surface area contributed by atoms with Crippen LogP contribution in [0.2, 0.25) is 0 Å². The summed E-state index contributed by atoms with van der Waals surface area (Å²) in [5.41, 5.74) is 2.91. The van der Waals surface area contributed by atoms with Gasteiger partial charge in [-0.2, -0.15) is 0 Å². The van der Waals surface area contributed by atoms with Crippen molar-refractivity contribution in [3.63, 3.8) is 0 Å². The molecular formula is C26H23N3O3. The van der Waals surface area contributed by atoms with Gasteiger partial charge < -0.3 is 19.6 Å². The fraction of sp³-hybridized carbons (Fsp3) is 0.231. The van der Waals surface area contributed by atoms with Crippen molar-refractivity contribution < 1.29 is 4.42 Å². The van der Waals surface area contributed by atoms with Gasteiger partial charge in [0.2, 0.25) is 0 Å². The van der Waals surface area contributed by atoms with Crippen LogP contribution in [0.15, 0.2) is 68.6 Å². The topological polar surface area (TPSA) is 78.3 Å². The molecule has 0 spiro atoms. The van der Waals surface area contributed by atoms with Gasteiger partial charge in [-0.05, 0) is 38.1 Å². The Morgan fingerprint density at radius 3 is 2.34 bits per heavy atom. The van der Waals surface area contributed by atoms with E-state index in [9.17, 15) is 9.59 Å². The van der Waals surface area contributed by atoms with Gasteiger partial charge in [0.05, 0.1) is 27.5 Å². The smallest absolute Gasteiger partial charge is 0.196 e. The van der Waals surface area contributed by atoms with Crippen LogP contribution in [0.3, 0.4) is 0 Å². The minimum atomic E-state index is -0.162. The first-order chi connectivity index (χ1) is 15.7. The van der Waals surface area contributed by atoms with E-state index in [4.69, 9.17) is 4.42 Å². The van der Waals surface area contributed by atoms with Crippen molar-refractivity contribution in [3.8, 4) is 0 Å². The molecule has 1 aromatic heterocycles. The second kappa shape index (κ2) is 7.50. The highest BCUT2D eigenvalue weighted by Crippen LogP contribution is 2.30. The number of hydrogen-bond acceptors (Lipinski definition) is 5. The molecule has 160 valence electrons. The quantitative estimate of drug-likeness (QED) is 0.329. The molecule has 6 heteroatoms. The van der Waals surface area contributed by atoms with Gasteiger partial charge in [0.1, 0.15) is 0 Å². The molecule has 1 fully saturated rings. The molecule has 1 aliphatic rings. The average Bonchev–Trinajstić information content (AvgIpc) is 3.34. The molecule has 2 N–H and O–H groups in total. The fourth-order valence-corrected chi connectivity index (χ4v) is 4.88. The van der Waals surface area contributed by atoms with Crippen molar-refractivity contribution >= 4 is 49.4 Å². The lowest BCUT2D eigenvalue weighted by molar-refractivity contribution is 0.353. The minimum absolute atomic E-state index is 0.137. The Bertz CT molecular complexity index is 1610. The number of aromatic amines is 1. The van der Waals surface area contributed by atoms with E-state index in [-0.39, 0.29) is 10.9 Å². The van der Waals surface area contributed by atoms with Crippen LogP contribution in [0.5, 0.6) is 0 Å². The Hall–Kier alpha value is -3.64. The van der Waals surface area contributed by atoms with Crippen LogP contribution in [0.1, 0.15) is 12.8 Å². The molecule has 2 heterocycles. The number of aromatic nitrogens is 1. The second-order valence-corrected chi connectivity index (χ2v) is 8.45.